The maximum Gasteiger partial charge on any atom is 0.387 e. The Morgan fingerprint density at radius 1 is 1.55 bits per heavy atom. The van der Waals surface area contributed by atoms with Crippen LogP contribution in [0.25, 0.3) is 0 Å². The Hall–Kier alpha value is -1.12. The summed E-state index contributed by atoms with van der Waals surface area (Å²) < 4.78 is 27.4. The van der Waals surface area contributed by atoms with Gasteiger partial charge in [-0.3, -0.25) is 0 Å². The van der Waals surface area contributed by atoms with Crippen molar-refractivity contribution in [3.63, 3.8) is 0 Å². The van der Waals surface area contributed by atoms with Crippen LogP contribution in [0.1, 0.15) is 6.92 Å². The Labute approximate surface area is 64.7 Å². The van der Waals surface area contributed by atoms with E-state index >= 15 is 0 Å². The van der Waals surface area contributed by atoms with Crippen LogP contribution in [0.3, 0.4) is 0 Å². The first kappa shape index (κ1) is 9.88. The number of ether oxygens (including phenoxy) is 1. The number of allylic oxidation sites excluding steroid dienone is 3. The van der Waals surface area contributed by atoms with Gasteiger partial charge in [0.2, 0.25) is 0 Å². The number of rotatable bonds is 4. The van der Waals surface area contributed by atoms with Crippen molar-refractivity contribution >= 4 is 0 Å². The maximum absolute atomic E-state index is 11.6. The van der Waals surface area contributed by atoms with Gasteiger partial charge in [0.05, 0.1) is 0 Å². The highest BCUT2D eigenvalue weighted by molar-refractivity contribution is 5.23. The van der Waals surface area contributed by atoms with Crippen molar-refractivity contribution in [2.24, 2.45) is 0 Å². The molecular formula is C8H10F2O. The van der Waals surface area contributed by atoms with Gasteiger partial charge in [-0.1, -0.05) is 19.2 Å². The lowest BCUT2D eigenvalue weighted by Gasteiger charge is -2.07. The minimum absolute atomic E-state index is 0.0648. The molecule has 0 saturated carbocycles. The Morgan fingerprint density at radius 2 is 2.09 bits per heavy atom. The lowest BCUT2D eigenvalue weighted by molar-refractivity contribution is -0.0932. The van der Waals surface area contributed by atoms with E-state index in [-0.39, 0.29) is 5.76 Å². The highest BCUT2D eigenvalue weighted by atomic mass is 19.3. The zero-order valence-electron chi connectivity index (χ0n) is 6.31. The largest absolute Gasteiger partial charge is 0.435 e. The van der Waals surface area contributed by atoms with Crippen molar-refractivity contribution in [1.82, 2.24) is 0 Å². The Balaban J connectivity index is 4.23. The molecule has 0 rings (SSSR count). The van der Waals surface area contributed by atoms with Crippen LogP contribution in [0, 0.1) is 0 Å². The fourth-order valence-electron chi connectivity index (χ4n) is 0.485. The quantitative estimate of drug-likeness (QED) is 0.454. The van der Waals surface area contributed by atoms with E-state index in [1.807, 2.05) is 0 Å². The molecule has 0 unspecified atom stereocenters. The van der Waals surface area contributed by atoms with Crippen LogP contribution in [0.5, 0.6) is 0 Å². The van der Waals surface area contributed by atoms with Crippen molar-refractivity contribution in [1.29, 1.82) is 0 Å². The van der Waals surface area contributed by atoms with Crippen molar-refractivity contribution < 1.29 is 13.5 Å². The summed E-state index contributed by atoms with van der Waals surface area (Å²) in [5.74, 6) is 0.0648. The molecule has 11 heavy (non-hydrogen) atoms. The molecule has 0 amide bonds. The van der Waals surface area contributed by atoms with Gasteiger partial charge >= 0.3 is 6.61 Å². The molecule has 62 valence electrons. The third-order valence-corrected chi connectivity index (χ3v) is 0.906. The van der Waals surface area contributed by atoms with E-state index in [2.05, 4.69) is 17.9 Å². The fraction of sp³-hybridized carbons (Fsp3) is 0.250. The van der Waals surface area contributed by atoms with Crippen LogP contribution in [0.2, 0.25) is 0 Å². The Kier molecular flexibility index (Phi) is 4.18. The third kappa shape index (κ3) is 4.31. The van der Waals surface area contributed by atoms with E-state index in [9.17, 15) is 8.78 Å². The van der Waals surface area contributed by atoms with Gasteiger partial charge in [-0.05, 0) is 18.6 Å². The van der Waals surface area contributed by atoms with Gasteiger partial charge in [0.25, 0.3) is 0 Å². The highest BCUT2D eigenvalue weighted by Crippen LogP contribution is 2.12. The minimum Gasteiger partial charge on any atom is -0.435 e. The molecule has 0 aromatic heterocycles. The van der Waals surface area contributed by atoms with Gasteiger partial charge in [-0.25, -0.2) is 0 Å². The molecule has 0 bridgehead atoms. The zero-order chi connectivity index (χ0) is 8.85. The normalized spacial score (nSPS) is 11.5. The second-order valence-corrected chi connectivity index (χ2v) is 1.93. The van der Waals surface area contributed by atoms with Crippen molar-refractivity contribution in [2.75, 3.05) is 0 Å². The van der Waals surface area contributed by atoms with E-state index in [1.54, 1.807) is 6.92 Å². The number of halogens is 2. The van der Waals surface area contributed by atoms with Crippen LogP contribution < -0.4 is 0 Å². The standard InChI is InChI=1S/C8H10F2O/c1-4-5-7(6(2)3)11-8(9)10/h4-5,8H,1-2H2,3H3/b7-5+. The topological polar surface area (TPSA) is 9.23 Å². The first-order valence-electron chi connectivity index (χ1n) is 3.01. The van der Waals surface area contributed by atoms with Crippen LogP contribution in [-0.2, 0) is 4.74 Å². The van der Waals surface area contributed by atoms with E-state index < -0.39 is 6.61 Å². The maximum atomic E-state index is 11.6. The summed E-state index contributed by atoms with van der Waals surface area (Å²) in [6.45, 7) is 5.57. The molecule has 0 atom stereocenters. The van der Waals surface area contributed by atoms with Gasteiger partial charge in [-0.15, -0.1) is 0 Å². The van der Waals surface area contributed by atoms with E-state index in [1.165, 1.54) is 12.2 Å². The summed E-state index contributed by atoms with van der Waals surface area (Å²) in [4.78, 5) is 0. The van der Waals surface area contributed by atoms with E-state index in [0.29, 0.717) is 5.57 Å². The second kappa shape index (κ2) is 4.66. The van der Waals surface area contributed by atoms with Crippen LogP contribution in [-0.4, -0.2) is 6.61 Å². The van der Waals surface area contributed by atoms with Gasteiger partial charge in [0.1, 0.15) is 5.76 Å². The second-order valence-electron chi connectivity index (χ2n) is 1.93. The summed E-state index contributed by atoms with van der Waals surface area (Å²) in [5, 5.41) is 0. The molecule has 0 aliphatic carbocycles. The van der Waals surface area contributed by atoms with Crippen molar-refractivity contribution in [3.05, 3.63) is 36.6 Å². The summed E-state index contributed by atoms with van der Waals surface area (Å²) >= 11 is 0. The van der Waals surface area contributed by atoms with E-state index in [0.717, 1.165) is 0 Å². The van der Waals surface area contributed by atoms with Crippen LogP contribution in [0.4, 0.5) is 8.78 Å². The molecule has 0 spiro atoms. The van der Waals surface area contributed by atoms with Gasteiger partial charge < -0.3 is 4.74 Å². The summed E-state index contributed by atoms with van der Waals surface area (Å²) in [7, 11) is 0. The molecule has 3 heteroatoms. The Bertz CT molecular complexity index is 183. The zero-order valence-corrected chi connectivity index (χ0v) is 6.31. The van der Waals surface area contributed by atoms with Gasteiger partial charge in [-0.2, -0.15) is 8.78 Å². The molecule has 0 radical (unpaired) electrons. The number of hydrogen-bond donors (Lipinski definition) is 0. The molecular weight excluding hydrogens is 150 g/mol. The summed E-state index contributed by atoms with van der Waals surface area (Å²) in [6.07, 6.45) is 2.71. The third-order valence-electron chi connectivity index (χ3n) is 0.906. The molecule has 0 fully saturated rings. The molecule has 0 aromatic rings. The minimum atomic E-state index is -2.81. The molecule has 0 aliphatic heterocycles. The van der Waals surface area contributed by atoms with Crippen LogP contribution >= 0.6 is 0 Å². The van der Waals surface area contributed by atoms with Crippen molar-refractivity contribution in [2.45, 2.75) is 13.5 Å². The van der Waals surface area contributed by atoms with Gasteiger partial charge in [0, 0.05) is 0 Å². The molecule has 0 saturated heterocycles. The lowest BCUT2D eigenvalue weighted by atomic mass is 10.3. The summed E-state index contributed by atoms with van der Waals surface area (Å²) in [5.41, 5.74) is 0.449. The number of alkyl halides is 2. The van der Waals surface area contributed by atoms with Gasteiger partial charge in [0.15, 0.2) is 0 Å². The smallest absolute Gasteiger partial charge is 0.387 e. The predicted octanol–water partition coefficient (Wildman–Crippen LogP) is 2.87. The molecule has 0 aromatic carbocycles. The Morgan fingerprint density at radius 3 is 2.36 bits per heavy atom. The predicted molar refractivity (Wildman–Crippen MR) is 40.2 cm³/mol. The summed E-state index contributed by atoms with van der Waals surface area (Å²) in [6, 6.07) is 0. The van der Waals surface area contributed by atoms with Crippen molar-refractivity contribution in [3.8, 4) is 0 Å². The molecule has 0 N–H and O–H groups in total. The molecule has 0 aliphatic rings. The molecule has 0 heterocycles. The molecule has 1 nitrogen and oxygen atoms in total. The first-order valence-corrected chi connectivity index (χ1v) is 3.01. The first-order chi connectivity index (χ1) is 5.07. The van der Waals surface area contributed by atoms with E-state index in [4.69, 9.17) is 0 Å². The van der Waals surface area contributed by atoms with Crippen LogP contribution in [0.15, 0.2) is 36.6 Å². The fourth-order valence-corrected chi connectivity index (χ4v) is 0.485. The highest BCUT2D eigenvalue weighted by Gasteiger charge is 2.05. The monoisotopic (exact) mass is 160 g/mol. The average molecular weight is 160 g/mol. The number of hydrogen-bond acceptors (Lipinski definition) is 1. The SMILES string of the molecule is C=C/C=C(/OC(F)F)C(=C)C. The lowest BCUT2D eigenvalue weighted by Crippen LogP contribution is -1.99. The average Bonchev–Trinajstić information content (AvgIpc) is 1.86.